The molecule has 5 aromatic rings. The van der Waals surface area contributed by atoms with Gasteiger partial charge in [-0.15, -0.1) is 0 Å². The minimum absolute atomic E-state index is 0.664. The number of aryl methyl sites for hydroxylation is 1. The number of nitrogens with two attached hydrogens (primary N) is 1. The van der Waals surface area contributed by atoms with E-state index in [1.807, 2.05) is 34.9 Å². The number of fused-ring (bicyclic) bond motifs is 3. The Bertz CT molecular complexity index is 1310. The molecular weight excluding hydrogens is 368 g/mol. The molecule has 0 bridgehead atoms. The maximum absolute atomic E-state index is 6.46. The SMILES string of the molecule is Cc1ccccc1-c1nc2c3ccn(Cc4ccc(Cl)cc4)c3ccn2c1N. The van der Waals surface area contributed by atoms with Crippen LogP contribution >= 0.6 is 11.6 Å². The van der Waals surface area contributed by atoms with Crippen LogP contribution in [0.4, 0.5) is 5.82 Å². The van der Waals surface area contributed by atoms with Crippen LogP contribution in [0, 0.1) is 6.92 Å². The van der Waals surface area contributed by atoms with Crippen molar-refractivity contribution in [1.29, 1.82) is 0 Å². The van der Waals surface area contributed by atoms with Gasteiger partial charge in [0.1, 0.15) is 17.2 Å². The fourth-order valence-electron chi connectivity index (χ4n) is 3.75. The summed E-state index contributed by atoms with van der Waals surface area (Å²) in [6.07, 6.45) is 4.09. The summed E-state index contributed by atoms with van der Waals surface area (Å²) in [5.41, 5.74) is 12.7. The zero-order chi connectivity index (χ0) is 19.3. The third kappa shape index (κ3) is 2.65. The normalized spacial score (nSPS) is 11.5. The topological polar surface area (TPSA) is 48.2 Å². The van der Waals surface area contributed by atoms with Crippen LogP contribution in [-0.2, 0) is 6.54 Å². The van der Waals surface area contributed by atoms with E-state index in [1.165, 1.54) is 5.56 Å². The molecule has 0 amide bonds. The molecule has 2 aromatic carbocycles. The summed E-state index contributed by atoms with van der Waals surface area (Å²) in [4.78, 5) is 4.91. The molecule has 0 atom stereocenters. The first-order chi connectivity index (χ1) is 13.6. The molecule has 0 saturated carbocycles. The summed E-state index contributed by atoms with van der Waals surface area (Å²) in [7, 11) is 0. The van der Waals surface area contributed by atoms with Crippen molar-refractivity contribution in [2.24, 2.45) is 0 Å². The number of anilines is 1. The zero-order valence-corrected chi connectivity index (χ0v) is 16.2. The molecule has 4 nitrogen and oxygen atoms in total. The van der Waals surface area contributed by atoms with E-state index < -0.39 is 0 Å². The van der Waals surface area contributed by atoms with Gasteiger partial charge in [0.15, 0.2) is 0 Å². The minimum atomic E-state index is 0.664. The molecule has 0 aliphatic rings. The lowest BCUT2D eigenvalue weighted by Gasteiger charge is -2.06. The summed E-state index contributed by atoms with van der Waals surface area (Å²) in [6, 6.07) is 20.3. The van der Waals surface area contributed by atoms with Gasteiger partial charge in [-0.3, -0.25) is 4.40 Å². The molecule has 2 N–H and O–H groups in total. The van der Waals surface area contributed by atoms with Crippen LogP contribution in [0.25, 0.3) is 27.8 Å². The van der Waals surface area contributed by atoms with Gasteiger partial charge in [-0.25, -0.2) is 4.98 Å². The van der Waals surface area contributed by atoms with E-state index in [-0.39, 0.29) is 0 Å². The Labute approximate surface area is 167 Å². The van der Waals surface area contributed by atoms with E-state index in [9.17, 15) is 0 Å². The summed E-state index contributed by atoms with van der Waals surface area (Å²) >= 11 is 6.00. The molecule has 0 spiro atoms. The van der Waals surface area contributed by atoms with E-state index >= 15 is 0 Å². The van der Waals surface area contributed by atoms with Crippen LogP contribution in [0.1, 0.15) is 11.1 Å². The van der Waals surface area contributed by atoms with Gasteiger partial charge >= 0.3 is 0 Å². The first-order valence-corrected chi connectivity index (χ1v) is 9.55. The Balaban J connectivity index is 1.65. The van der Waals surface area contributed by atoms with Gasteiger partial charge in [0.05, 0.1) is 5.52 Å². The Morgan fingerprint density at radius 1 is 0.964 bits per heavy atom. The molecule has 5 rings (SSSR count). The van der Waals surface area contributed by atoms with E-state index in [4.69, 9.17) is 22.3 Å². The van der Waals surface area contributed by atoms with E-state index in [1.54, 1.807) is 0 Å². The van der Waals surface area contributed by atoms with Gasteiger partial charge in [-0.2, -0.15) is 0 Å². The number of nitrogen functional groups attached to an aromatic ring is 1. The fraction of sp³-hybridized carbons (Fsp3) is 0.0870. The van der Waals surface area contributed by atoms with Crippen LogP contribution in [0.3, 0.4) is 0 Å². The van der Waals surface area contributed by atoms with Crippen molar-refractivity contribution in [3.8, 4) is 11.3 Å². The van der Waals surface area contributed by atoms with Crippen molar-refractivity contribution in [1.82, 2.24) is 14.0 Å². The summed E-state index contributed by atoms with van der Waals surface area (Å²) in [6.45, 7) is 2.86. The van der Waals surface area contributed by atoms with E-state index in [2.05, 4.69) is 54.1 Å². The molecule has 0 fully saturated rings. The van der Waals surface area contributed by atoms with Gasteiger partial charge in [-0.1, -0.05) is 48.0 Å². The van der Waals surface area contributed by atoms with Crippen LogP contribution in [0.2, 0.25) is 5.02 Å². The molecule has 0 aliphatic heterocycles. The Kier molecular flexibility index (Phi) is 3.88. The first kappa shape index (κ1) is 16.9. The Hall–Kier alpha value is -3.24. The van der Waals surface area contributed by atoms with Crippen LogP contribution in [0.15, 0.2) is 73.1 Å². The second kappa shape index (κ2) is 6.43. The molecule has 3 aromatic heterocycles. The lowest BCUT2D eigenvalue weighted by atomic mass is 10.1. The lowest BCUT2D eigenvalue weighted by molar-refractivity contribution is 0.836. The standard InChI is InChI=1S/C23H19ClN4/c1-15-4-2-3-5-18(15)21-22(25)28-13-11-20-19(23(28)26-21)10-12-27(20)14-16-6-8-17(24)9-7-16/h2-13H,14,25H2,1H3. The molecule has 5 heteroatoms. The Morgan fingerprint density at radius 3 is 2.54 bits per heavy atom. The monoisotopic (exact) mass is 386 g/mol. The van der Waals surface area contributed by atoms with Crippen molar-refractivity contribution in [2.75, 3.05) is 5.73 Å². The number of halogens is 1. The molecule has 0 saturated heterocycles. The number of hydrogen-bond donors (Lipinski definition) is 1. The van der Waals surface area contributed by atoms with Crippen molar-refractivity contribution < 1.29 is 0 Å². The third-order valence-electron chi connectivity index (χ3n) is 5.24. The number of nitrogens with zero attached hydrogens (tertiary/aromatic N) is 3. The summed E-state index contributed by atoms with van der Waals surface area (Å²) < 4.78 is 4.19. The van der Waals surface area contributed by atoms with Crippen molar-refractivity contribution in [3.05, 3.63) is 89.2 Å². The Morgan fingerprint density at radius 2 is 1.75 bits per heavy atom. The summed E-state index contributed by atoms with van der Waals surface area (Å²) in [5.74, 6) is 0.664. The van der Waals surface area contributed by atoms with Gasteiger partial charge in [0.25, 0.3) is 0 Å². The maximum Gasteiger partial charge on any atom is 0.148 e. The average molecular weight is 387 g/mol. The van der Waals surface area contributed by atoms with Gasteiger partial charge in [-0.05, 0) is 42.3 Å². The first-order valence-electron chi connectivity index (χ1n) is 9.17. The van der Waals surface area contributed by atoms with Crippen LogP contribution in [0.5, 0.6) is 0 Å². The second-order valence-corrected chi connectivity index (χ2v) is 7.48. The number of hydrogen-bond acceptors (Lipinski definition) is 2. The van der Waals surface area contributed by atoms with Crippen LogP contribution in [-0.4, -0.2) is 14.0 Å². The molecular formula is C23H19ClN4. The molecule has 28 heavy (non-hydrogen) atoms. The zero-order valence-electron chi connectivity index (χ0n) is 15.4. The van der Waals surface area contributed by atoms with Crippen molar-refractivity contribution in [3.63, 3.8) is 0 Å². The quantitative estimate of drug-likeness (QED) is 0.442. The van der Waals surface area contributed by atoms with Crippen LogP contribution < -0.4 is 5.73 Å². The highest BCUT2D eigenvalue weighted by atomic mass is 35.5. The van der Waals surface area contributed by atoms with E-state index in [0.717, 1.165) is 44.9 Å². The number of pyridine rings is 1. The van der Waals surface area contributed by atoms with E-state index in [0.29, 0.717) is 5.82 Å². The third-order valence-corrected chi connectivity index (χ3v) is 5.50. The number of imidazole rings is 1. The molecule has 0 unspecified atom stereocenters. The predicted octanol–water partition coefficient (Wildman–Crippen LogP) is 5.55. The van der Waals surface area contributed by atoms with Crippen molar-refractivity contribution in [2.45, 2.75) is 13.5 Å². The number of rotatable bonds is 3. The molecule has 0 aliphatic carbocycles. The highest BCUT2D eigenvalue weighted by molar-refractivity contribution is 6.30. The number of benzene rings is 2. The molecule has 3 heterocycles. The lowest BCUT2D eigenvalue weighted by Crippen LogP contribution is -1.98. The highest BCUT2D eigenvalue weighted by Gasteiger charge is 2.16. The largest absolute Gasteiger partial charge is 0.383 e. The minimum Gasteiger partial charge on any atom is -0.383 e. The fourth-order valence-corrected chi connectivity index (χ4v) is 3.88. The van der Waals surface area contributed by atoms with Crippen molar-refractivity contribution >= 4 is 34.0 Å². The smallest absolute Gasteiger partial charge is 0.148 e. The maximum atomic E-state index is 6.46. The highest BCUT2D eigenvalue weighted by Crippen LogP contribution is 2.32. The summed E-state index contributed by atoms with van der Waals surface area (Å²) in [5, 5.41) is 1.84. The second-order valence-electron chi connectivity index (χ2n) is 7.04. The average Bonchev–Trinajstić information content (AvgIpc) is 3.25. The number of aromatic nitrogens is 3. The molecule has 0 radical (unpaired) electrons. The van der Waals surface area contributed by atoms with Gasteiger partial charge in [0.2, 0.25) is 0 Å². The van der Waals surface area contributed by atoms with Gasteiger partial charge < -0.3 is 10.3 Å². The predicted molar refractivity (Wildman–Crippen MR) is 116 cm³/mol. The molecule has 138 valence electrons. The van der Waals surface area contributed by atoms with Gasteiger partial charge in [0, 0.05) is 34.9 Å².